The number of carboxylic acids is 2. The molecule has 5 unspecified atom stereocenters. The van der Waals surface area contributed by atoms with Gasteiger partial charge in [0.1, 0.15) is 23.9 Å². The first-order valence-electron chi connectivity index (χ1n) is 10.9. The number of nitrogens with two attached hydrogens (primary N) is 1. The number of phenols is 1. The summed E-state index contributed by atoms with van der Waals surface area (Å²) in [6.07, 6.45) is -0.247. The van der Waals surface area contributed by atoms with E-state index in [0.29, 0.717) is 12.0 Å². The zero-order valence-corrected chi connectivity index (χ0v) is 20.3. The highest BCUT2D eigenvalue weighted by atomic mass is 32.1. The molecule has 0 heterocycles. The molecule has 35 heavy (non-hydrogen) atoms. The van der Waals surface area contributed by atoms with Crippen LogP contribution in [-0.4, -0.2) is 74.9 Å². The molecule has 0 radical (unpaired) electrons. The number of carbonyl (C=O) groups excluding carboxylic acids is 3. The Morgan fingerprint density at radius 2 is 1.49 bits per heavy atom. The molecular weight excluding hydrogens is 480 g/mol. The summed E-state index contributed by atoms with van der Waals surface area (Å²) in [5.41, 5.74) is 6.51. The molecule has 0 aliphatic heterocycles. The van der Waals surface area contributed by atoms with Crippen LogP contribution in [0.15, 0.2) is 24.3 Å². The van der Waals surface area contributed by atoms with Crippen LogP contribution in [0.5, 0.6) is 5.75 Å². The predicted octanol–water partition coefficient (Wildman–Crippen LogP) is -0.748. The largest absolute Gasteiger partial charge is 0.508 e. The summed E-state index contributed by atoms with van der Waals surface area (Å²) >= 11 is 4.02. The number of amides is 3. The molecule has 1 aromatic carbocycles. The summed E-state index contributed by atoms with van der Waals surface area (Å²) in [5, 5.41) is 34.8. The molecule has 0 saturated heterocycles. The highest BCUT2D eigenvalue weighted by Crippen LogP contribution is 2.11. The lowest BCUT2D eigenvalue weighted by Gasteiger charge is -2.25. The normalized spacial score (nSPS) is 15.1. The quantitative estimate of drug-likeness (QED) is 0.147. The minimum absolute atomic E-state index is 0.0339. The minimum atomic E-state index is -1.55. The van der Waals surface area contributed by atoms with Crippen LogP contribution in [0.4, 0.5) is 0 Å². The lowest BCUT2D eigenvalue weighted by Crippen LogP contribution is -2.58. The molecule has 194 valence electrons. The highest BCUT2D eigenvalue weighted by Gasteiger charge is 2.32. The molecule has 5 atom stereocenters. The Labute approximate surface area is 208 Å². The fourth-order valence-electron chi connectivity index (χ4n) is 3.04. The van der Waals surface area contributed by atoms with E-state index in [4.69, 9.17) is 10.8 Å². The standard InChI is InChI=1S/C22H32N4O8S/c1-3-11(2)18(22(33)34)26-21(32)16(10-35)25-20(31)15(9-17(28)29)24-19(30)14(23)8-12-4-6-13(27)7-5-12/h4-7,11,14-16,18,27,35H,3,8-10,23H2,1-2H3,(H,24,30)(H,25,31)(H,26,32)(H,28,29)(H,33,34). The van der Waals surface area contributed by atoms with Crippen molar-refractivity contribution < 1.29 is 39.3 Å². The van der Waals surface area contributed by atoms with Crippen molar-refractivity contribution in [2.75, 3.05) is 5.75 Å². The first-order valence-corrected chi connectivity index (χ1v) is 11.5. The number of hydrogen-bond donors (Lipinski definition) is 8. The average molecular weight is 513 g/mol. The molecule has 0 aromatic heterocycles. The van der Waals surface area contributed by atoms with Gasteiger partial charge in [-0.15, -0.1) is 0 Å². The van der Waals surface area contributed by atoms with E-state index >= 15 is 0 Å². The Morgan fingerprint density at radius 1 is 0.943 bits per heavy atom. The Kier molecular flexibility index (Phi) is 12.0. The lowest BCUT2D eigenvalue weighted by atomic mass is 9.99. The number of aliphatic carboxylic acids is 2. The van der Waals surface area contributed by atoms with Gasteiger partial charge in [-0.05, 0) is 30.0 Å². The van der Waals surface area contributed by atoms with Crippen LogP contribution in [0, 0.1) is 5.92 Å². The predicted molar refractivity (Wildman–Crippen MR) is 129 cm³/mol. The van der Waals surface area contributed by atoms with E-state index in [1.54, 1.807) is 26.0 Å². The van der Waals surface area contributed by atoms with E-state index in [9.17, 15) is 34.2 Å². The summed E-state index contributed by atoms with van der Waals surface area (Å²) in [5.74, 6) is -5.77. The molecule has 1 aromatic rings. The number of nitrogens with one attached hydrogen (secondary N) is 3. The first kappa shape index (κ1) is 29.7. The van der Waals surface area contributed by atoms with Crippen molar-refractivity contribution in [2.45, 2.75) is 57.3 Å². The summed E-state index contributed by atoms with van der Waals surface area (Å²) in [6, 6.07) is 0.798. The van der Waals surface area contributed by atoms with E-state index in [1.807, 2.05) is 0 Å². The van der Waals surface area contributed by atoms with Gasteiger partial charge in [0.25, 0.3) is 0 Å². The van der Waals surface area contributed by atoms with Gasteiger partial charge in [-0.1, -0.05) is 32.4 Å². The van der Waals surface area contributed by atoms with Crippen LogP contribution in [0.25, 0.3) is 0 Å². The van der Waals surface area contributed by atoms with Crippen molar-refractivity contribution in [1.82, 2.24) is 16.0 Å². The smallest absolute Gasteiger partial charge is 0.326 e. The third kappa shape index (κ3) is 9.83. The third-order valence-corrected chi connectivity index (χ3v) is 5.70. The Hall–Kier alpha value is -3.32. The Bertz CT molecular complexity index is 911. The zero-order chi connectivity index (χ0) is 26.7. The average Bonchev–Trinajstić information content (AvgIpc) is 2.80. The Morgan fingerprint density at radius 3 is 1.97 bits per heavy atom. The van der Waals surface area contributed by atoms with Gasteiger partial charge in [-0.25, -0.2) is 4.79 Å². The molecule has 0 saturated carbocycles. The molecule has 0 aliphatic carbocycles. The zero-order valence-electron chi connectivity index (χ0n) is 19.4. The fourth-order valence-corrected chi connectivity index (χ4v) is 3.30. The molecule has 1 rings (SSSR count). The van der Waals surface area contributed by atoms with Crippen molar-refractivity contribution in [2.24, 2.45) is 11.7 Å². The maximum atomic E-state index is 12.7. The van der Waals surface area contributed by atoms with Gasteiger partial charge >= 0.3 is 11.9 Å². The SMILES string of the molecule is CCC(C)C(NC(=O)C(CS)NC(=O)C(CC(=O)O)NC(=O)C(N)Cc1ccc(O)cc1)C(=O)O. The van der Waals surface area contributed by atoms with E-state index in [1.165, 1.54) is 12.1 Å². The maximum Gasteiger partial charge on any atom is 0.326 e. The fraction of sp³-hybridized carbons (Fsp3) is 0.500. The topological polar surface area (TPSA) is 208 Å². The van der Waals surface area contributed by atoms with Crippen molar-refractivity contribution in [3.05, 3.63) is 29.8 Å². The lowest BCUT2D eigenvalue weighted by molar-refractivity contribution is -0.144. The van der Waals surface area contributed by atoms with Gasteiger partial charge in [0.2, 0.25) is 17.7 Å². The molecular formula is C22H32N4O8S. The van der Waals surface area contributed by atoms with Crippen LogP contribution in [-0.2, 0) is 30.4 Å². The number of phenolic OH excluding ortho intramolecular Hbond substituents is 1. The second-order valence-electron chi connectivity index (χ2n) is 8.09. The van der Waals surface area contributed by atoms with Crippen LogP contribution in [0.1, 0.15) is 32.3 Å². The monoisotopic (exact) mass is 512 g/mol. The highest BCUT2D eigenvalue weighted by molar-refractivity contribution is 7.80. The van der Waals surface area contributed by atoms with Crippen molar-refractivity contribution in [3.63, 3.8) is 0 Å². The van der Waals surface area contributed by atoms with E-state index in [-0.39, 0.29) is 23.8 Å². The van der Waals surface area contributed by atoms with Crippen molar-refractivity contribution in [1.29, 1.82) is 0 Å². The maximum absolute atomic E-state index is 12.7. The number of hydrogen-bond acceptors (Lipinski definition) is 8. The first-order chi connectivity index (χ1) is 16.4. The third-order valence-electron chi connectivity index (χ3n) is 5.33. The summed E-state index contributed by atoms with van der Waals surface area (Å²) in [6.45, 7) is 3.41. The summed E-state index contributed by atoms with van der Waals surface area (Å²) in [7, 11) is 0. The van der Waals surface area contributed by atoms with E-state index in [0.717, 1.165) is 0 Å². The molecule has 8 N–H and O–H groups in total. The molecule has 13 heteroatoms. The minimum Gasteiger partial charge on any atom is -0.508 e. The molecule has 0 spiro atoms. The molecule has 0 fully saturated rings. The second-order valence-corrected chi connectivity index (χ2v) is 8.46. The Balaban J connectivity index is 2.88. The van der Waals surface area contributed by atoms with E-state index in [2.05, 4.69) is 28.6 Å². The number of aromatic hydroxyl groups is 1. The number of rotatable bonds is 14. The van der Waals surface area contributed by atoms with E-state index < -0.39 is 60.2 Å². The van der Waals surface area contributed by atoms with Gasteiger partial charge in [-0.3, -0.25) is 19.2 Å². The summed E-state index contributed by atoms with van der Waals surface area (Å²) < 4.78 is 0. The van der Waals surface area contributed by atoms with Gasteiger partial charge < -0.3 is 37.0 Å². The molecule has 12 nitrogen and oxygen atoms in total. The number of thiol groups is 1. The molecule has 0 bridgehead atoms. The number of benzene rings is 1. The molecule has 3 amide bonds. The van der Waals surface area contributed by atoms with Gasteiger partial charge in [0.15, 0.2) is 0 Å². The van der Waals surface area contributed by atoms with Gasteiger partial charge in [0.05, 0.1) is 12.5 Å². The summed E-state index contributed by atoms with van der Waals surface area (Å²) in [4.78, 5) is 60.5. The van der Waals surface area contributed by atoms with Crippen LogP contribution in [0.2, 0.25) is 0 Å². The van der Waals surface area contributed by atoms with Gasteiger partial charge in [-0.2, -0.15) is 12.6 Å². The van der Waals surface area contributed by atoms with Crippen molar-refractivity contribution in [3.8, 4) is 5.75 Å². The number of carboxylic acid groups (broad SMARTS) is 2. The van der Waals surface area contributed by atoms with Crippen LogP contribution >= 0.6 is 12.6 Å². The molecule has 0 aliphatic rings. The number of carbonyl (C=O) groups is 5. The van der Waals surface area contributed by atoms with Crippen LogP contribution < -0.4 is 21.7 Å². The van der Waals surface area contributed by atoms with Crippen LogP contribution in [0.3, 0.4) is 0 Å². The van der Waals surface area contributed by atoms with Gasteiger partial charge in [0, 0.05) is 5.75 Å². The van der Waals surface area contributed by atoms with Crippen molar-refractivity contribution >= 4 is 42.3 Å². The second kappa shape index (κ2) is 14.2.